The first-order valence-electron chi connectivity index (χ1n) is 8.65. The fraction of sp³-hybridized carbons (Fsp3) is 0.600. The van der Waals surface area contributed by atoms with Crippen LogP contribution in [0.5, 0.6) is 0 Å². The van der Waals surface area contributed by atoms with Crippen molar-refractivity contribution in [1.29, 1.82) is 0 Å². The summed E-state index contributed by atoms with van der Waals surface area (Å²) in [5, 5.41) is 39.5. The molecule has 4 nitrogen and oxygen atoms in total. The lowest BCUT2D eigenvalue weighted by molar-refractivity contribution is -0.0346. The van der Waals surface area contributed by atoms with Crippen molar-refractivity contribution in [1.82, 2.24) is 0 Å². The van der Waals surface area contributed by atoms with E-state index in [-0.39, 0.29) is 12.2 Å². The lowest BCUT2D eigenvalue weighted by Crippen LogP contribution is -2.45. The van der Waals surface area contributed by atoms with E-state index in [0.29, 0.717) is 11.8 Å². The zero-order valence-corrected chi connectivity index (χ0v) is 15.1. The number of rotatable bonds is 7. The predicted octanol–water partition coefficient (Wildman–Crippen LogP) is 2.36. The summed E-state index contributed by atoms with van der Waals surface area (Å²) in [5.74, 6) is 0.379. The van der Waals surface area contributed by atoms with E-state index in [1.807, 2.05) is 25.2 Å². The molecule has 0 saturated heterocycles. The maximum atomic E-state index is 10.2. The van der Waals surface area contributed by atoms with E-state index in [0.717, 1.165) is 12.0 Å². The van der Waals surface area contributed by atoms with Gasteiger partial charge in [0.05, 0.1) is 18.8 Å². The predicted molar refractivity (Wildman–Crippen MR) is 97.3 cm³/mol. The van der Waals surface area contributed by atoms with Gasteiger partial charge in [0.2, 0.25) is 0 Å². The Morgan fingerprint density at radius 2 is 1.83 bits per heavy atom. The Morgan fingerprint density at radius 1 is 1.17 bits per heavy atom. The number of hydrogen-bond acceptors (Lipinski definition) is 4. The van der Waals surface area contributed by atoms with Gasteiger partial charge in [-0.2, -0.15) is 0 Å². The van der Waals surface area contributed by atoms with Gasteiger partial charge in [0.1, 0.15) is 6.10 Å². The highest BCUT2D eigenvalue weighted by atomic mass is 16.3. The van der Waals surface area contributed by atoms with E-state index < -0.39 is 24.2 Å². The van der Waals surface area contributed by atoms with Gasteiger partial charge < -0.3 is 20.4 Å². The molecule has 0 amide bonds. The average Bonchev–Trinajstić information content (AvgIpc) is 2.50. The van der Waals surface area contributed by atoms with Crippen LogP contribution in [0.1, 0.15) is 34.1 Å². The molecule has 1 unspecified atom stereocenters. The summed E-state index contributed by atoms with van der Waals surface area (Å²) in [4.78, 5) is 0. The Balaban J connectivity index is 2.73. The average molecular weight is 336 g/mol. The first-order chi connectivity index (χ1) is 11.3. The molecule has 1 aliphatic rings. The normalized spacial score (nSPS) is 30.4. The van der Waals surface area contributed by atoms with Crippen molar-refractivity contribution in [3.63, 3.8) is 0 Å². The number of hydrogen-bond donors (Lipinski definition) is 4. The quantitative estimate of drug-likeness (QED) is 0.425. The Morgan fingerprint density at radius 3 is 2.42 bits per heavy atom. The molecule has 24 heavy (non-hydrogen) atoms. The van der Waals surface area contributed by atoms with Crippen molar-refractivity contribution in [3.05, 3.63) is 47.6 Å². The van der Waals surface area contributed by atoms with E-state index in [4.69, 9.17) is 5.11 Å². The molecule has 0 aromatic heterocycles. The standard InChI is InChI=1S/C20H32O4/c1-13(2)7-5-8-14(3)9-6-10-15(4)18-17(22)11-16(12-21)19(23)20(18)24/h5-6,8-11,13-14,17-24H,7,12H2,1-4H3/b8-5+,9-6+,15-10+/t14?,17-,18-,19+,20+/m0/s1. The van der Waals surface area contributed by atoms with E-state index in [1.165, 1.54) is 6.08 Å². The van der Waals surface area contributed by atoms with Crippen LogP contribution in [-0.2, 0) is 0 Å². The number of allylic oxidation sites excluding steroid dienone is 5. The maximum Gasteiger partial charge on any atom is 0.104 e. The van der Waals surface area contributed by atoms with Crippen molar-refractivity contribution in [2.45, 2.75) is 52.4 Å². The second kappa shape index (κ2) is 9.94. The summed E-state index contributed by atoms with van der Waals surface area (Å²) in [6.07, 6.45) is 9.46. The molecule has 136 valence electrons. The van der Waals surface area contributed by atoms with Crippen LogP contribution in [0.3, 0.4) is 0 Å². The fourth-order valence-corrected chi connectivity index (χ4v) is 2.85. The third-order valence-corrected chi connectivity index (χ3v) is 4.35. The van der Waals surface area contributed by atoms with Gasteiger partial charge in [-0.1, -0.05) is 62.8 Å². The van der Waals surface area contributed by atoms with Crippen molar-refractivity contribution in [2.24, 2.45) is 17.8 Å². The zero-order chi connectivity index (χ0) is 18.3. The molecule has 0 aliphatic heterocycles. The van der Waals surface area contributed by atoms with Gasteiger partial charge in [-0.25, -0.2) is 0 Å². The lowest BCUT2D eigenvalue weighted by Gasteiger charge is -2.35. The van der Waals surface area contributed by atoms with Crippen molar-refractivity contribution >= 4 is 0 Å². The molecule has 4 heteroatoms. The molecular weight excluding hydrogens is 304 g/mol. The smallest absolute Gasteiger partial charge is 0.104 e. The summed E-state index contributed by atoms with van der Waals surface area (Å²) in [6.45, 7) is 7.92. The van der Waals surface area contributed by atoms with Gasteiger partial charge in [-0.15, -0.1) is 0 Å². The van der Waals surface area contributed by atoms with Crippen LogP contribution < -0.4 is 0 Å². The molecule has 0 radical (unpaired) electrons. The molecule has 0 aromatic carbocycles. The monoisotopic (exact) mass is 336 g/mol. The summed E-state index contributed by atoms with van der Waals surface area (Å²) in [7, 11) is 0. The zero-order valence-electron chi connectivity index (χ0n) is 15.1. The van der Waals surface area contributed by atoms with Crippen LogP contribution in [0.2, 0.25) is 0 Å². The highest BCUT2D eigenvalue weighted by Crippen LogP contribution is 2.30. The summed E-state index contributed by atoms with van der Waals surface area (Å²) in [6, 6.07) is 0. The molecule has 0 bridgehead atoms. The van der Waals surface area contributed by atoms with Gasteiger partial charge in [0.15, 0.2) is 0 Å². The Hall–Kier alpha value is -1.20. The molecule has 0 heterocycles. The lowest BCUT2D eigenvalue weighted by atomic mass is 9.78. The van der Waals surface area contributed by atoms with Crippen LogP contribution in [-0.4, -0.2) is 45.3 Å². The summed E-state index contributed by atoms with van der Waals surface area (Å²) in [5.41, 5.74) is 1.05. The van der Waals surface area contributed by atoms with Crippen LogP contribution >= 0.6 is 0 Å². The van der Waals surface area contributed by atoms with Crippen molar-refractivity contribution < 1.29 is 20.4 Å². The van der Waals surface area contributed by atoms with Crippen LogP contribution in [0, 0.1) is 17.8 Å². The maximum absolute atomic E-state index is 10.2. The molecule has 0 fully saturated rings. The van der Waals surface area contributed by atoms with E-state index >= 15 is 0 Å². The van der Waals surface area contributed by atoms with E-state index in [1.54, 1.807) is 0 Å². The Kier molecular flexibility index (Phi) is 8.63. The SMILES string of the molecule is C/C(=C\C=C\C(C)/C=C/CC(C)C)[C@@H]1[C@@H](O)[C@H](O)C(CO)=C[C@@H]1O. The van der Waals surface area contributed by atoms with Gasteiger partial charge in [0.25, 0.3) is 0 Å². The number of aliphatic hydroxyl groups is 4. The topological polar surface area (TPSA) is 80.9 Å². The molecule has 1 aliphatic carbocycles. The molecule has 5 atom stereocenters. The van der Waals surface area contributed by atoms with Crippen LogP contribution in [0.15, 0.2) is 47.6 Å². The Bertz CT molecular complexity index is 502. The molecular formula is C20H32O4. The molecule has 0 spiro atoms. The fourth-order valence-electron chi connectivity index (χ4n) is 2.85. The first kappa shape index (κ1) is 20.8. The third-order valence-electron chi connectivity index (χ3n) is 4.35. The minimum absolute atomic E-state index is 0.263. The second-order valence-corrected chi connectivity index (χ2v) is 7.06. The Labute approximate surface area is 145 Å². The molecule has 0 aromatic rings. The summed E-state index contributed by atoms with van der Waals surface area (Å²) >= 11 is 0. The van der Waals surface area contributed by atoms with Gasteiger partial charge in [0, 0.05) is 5.92 Å². The first-order valence-corrected chi connectivity index (χ1v) is 8.65. The van der Waals surface area contributed by atoms with Crippen molar-refractivity contribution in [3.8, 4) is 0 Å². The van der Waals surface area contributed by atoms with Gasteiger partial charge in [-0.05, 0) is 30.8 Å². The van der Waals surface area contributed by atoms with Crippen LogP contribution in [0.4, 0.5) is 0 Å². The largest absolute Gasteiger partial charge is 0.392 e. The van der Waals surface area contributed by atoms with E-state index in [2.05, 4.69) is 32.9 Å². The van der Waals surface area contributed by atoms with Crippen LogP contribution in [0.25, 0.3) is 0 Å². The second-order valence-electron chi connectivity index (χ2n) is 7.06. The number of aliphatic hydroxyl groups excluding tert-OH is 4. The molecule has 4 N–H and O–H groups in total. The minimum Gasteiger partial charge on any atom is -0.392 e. The third kappa shape index (κ3) is 6.02. The van der Waals surface area contributed by atoms with Gasteiger partial charge >= 0.3 is 0 Å². The highest BCUT2D eigenvalue weighted by Gasteiger charge is 2.37. The highest BCUT2D eigenvalue weighted by molar-refractivity contribution is 5.27. The van der Waals surface area contributed by atoms with Gasteiger partial charge in [-0.3, -0.25) is 0 Å². The summed E-state index contributed by atoms with van der Waals surface area (Å²) < 4.78 is 0. The molecule has 1 rings (SSSR count). The van der Waals surface area contributed by atoms with E-state index in [9.17, 15) is 15.3 Å². The molecule has 0 saturated carbocycles. The minimum atomic E-state index is -1.14. The van der Waals surface area contributed by atoms with Crippen molar-refractivity contribution in [2.75, 3.05) is 6.61 Å².